The quantitative estimate of drug-likeness (QED) is 0.852. The van der Waals surface area contributed by atoms with E-state index in [4.69, 9.17) is 11.6 Å². The van der Waals surface area contributed by atoms with E-state index in [1.165, 1.54) is 6.33 Å². The molecule has 5 nitrogen and oxygen atoms in total. The molecule has 0 saturated carbocycles. The van der Waals surface area contributed by atoms with Crippen LogP contribution in [0.25, 0.3) is 11.0 Å². The Morgan fingerprint density at radius 3 is 2.76 bits per heavy atom. The van der Waals surface area contributed by atoms with Crippen molar-refractivity contribution in [3.63, 3.8) is 0 Å². The molecular formula is C11H16ClN5. The average Bonchev–Trinajstić information content (AvgIpc) is 2.61. The summed E-state index contributed by atoms with van der Waals surface area (Å²) >= 11 is 6.15. The first-order valence-corrected chi connectivity index (χ1v) is 5.90. The number of alkyl halides is 1. The lowest BCUT2D eigenvalue weighted by molar-refractivity contribution is 0.553. The Kier molecular flexibility index (Phi) is 2.95. The number of anilines is 1. The molecule has 0 saturated heterocycles. The Morgan fingerprint density at radius 1 is 1.41 bits per heavy atom. The van der Waals surface area contributed by atoms with Crippen molar-refractivity contribution in [2.45, 2.75) is 31.7 Å². The maximum absolute atomic E-state index is 6.15. The smallest absolute Gasteiger partial charge is 0.163 e. The van der Waals surface area contributed by atoms with Gasteiger partial charge in [-0.1, -0.05) is 0 Å². The van der Waals surface area contributed by atoms with Crippen LogP contribution in [0, 0.1) is 0 Å². The zero-order valence-electron chi connectivity index (χ0n) is 10.4. The topological polar surface area (TPSA) is 55.6 Å². The SMILES string of the molecule is CC(Cl)C(C)(C)Nc1ncnc2c1cnn2C. The van der Waals surface area contributed by atoms with Crippen LogP contribution in [0.5, 0.6) is 0 Å². The number of aromatic nitrogens is 4. The highest BCUT2D eigenvalue weighted by Gasteiger charge is 2.25. The van der Waals surface area contributed by atoms with Gasteiger partial charge in [0.25, 0.3) is 0 Å². The summed E-state index contributed by atoms with van der Waals surface area (Å²) in [4.78, 5) is 8.45. The van der Waals surface area contributed by atoms with Crippen LogP contribution in [0.15, 0.2) is 12.5 Å². The molecule has 0 aromatic carbocycles. The molecule has 17 heavy (non-hydrogen) atoms. The molecule has 0 aliphatic carbocycles. The monoisotopic (exact) mass is 253 g/mol. The summed E-state index contributed by atoms with van der Waals surface area (Å²) in [6.07, 6.45) is 3.29. The molecule has 0 spiro atoms. The zero-order valence-corrected chi connectivity index (χ0v) is 11.2. The average molecular weight is 254 g/mol. The second kappa shape index (κ2) is 4.14. The maximum Gasteiger partial charge on any atom is 0.163 e. The van der Waals surface area contributed by atoms with Crippen molar-refractivity contribution in [3.8, 4) is 0 Å². The van der Waals surface area contributed by atoms with E-state index >= 15 is 0 Å². The third-order valence-electron chi connectivity index (χ3n) is 2.96. The van der Waals surface area contributed by atoms with Gasteiger partial charge in [0.1, 0.15) is 12.1 Å². The molecule has 0 amide bonds. The predicted molar refractivity (Wildman–Crippen MR) is 69.3 cm³/mol. The molecular weight excluding hydrogens is 238 g/mol. The molecule has 0 aliphatic rings. The van der Waals surface area contributed by atoms with Crippen molar-refractivity contribution >= 4 is 28.5 Å². The summed E-state index contributed by atoms with van der Waals surface area (Å²) in [6, 6.07) is 0. The Balaban J connectivity index is 2.43. The van der Waals surface area contributed by atoms with Crippen LogP contribution in [-0.4, -0.2) is 30.7 Å². The van der Waals surface area contributed by atoms with E-state index in [-0.39, 0.29) is 10.9 Å². The summed E-state index contributed by atoms with van der Waals surface area (Å²) in [5.74, 6) is 0.764. The molecule has 0 aliphatic heterocycles. The van der Waals surface area contributed by atoms with Gasteiger partial charge in [-0.15, -0.1) is 11.6 Å². The van der Waals surface area contributed by atoms with Crippen LogP contribution in [-0.2, 0) is 7.05 Å². The first kappa shape index (κ1) is 12.1. The van der Waals surface area contributed by atoms with Crippen molar-refractivity contribution in [1.29, 1.82) is 0 Å². The summed E-state index contributed by atoms with van der Waals surface area (Å²) in [5.41, 5.74) is 0.555. The first-order chi connectivity index (χ1) is 7.92. The van der Waals surface area contributed by atoms with Crippen LogP contribution in [0.4, 0.5) is 5.82 Å². The van der Waals surface area contributed by atoms with E-state index in [0.717, 1.165) is 16.9 Å². The Bertz CT molecular complexity index is 532. The highest BCUT2D eigenvalue weighted by Crippen LogP contribution is 2.25. The highest BCUT2D eigenvalue weighted by atomic mass is 35.5. The van der Waals surface area contributed by atoms with E-state index in [0.29, 0.717) is 0 Å². The molecule has 1 N–H and O–H groups in total. The lowest BCUT2D eigenvalue weighted by Crippen LogP contribution is -2.39. The number of fused-ring (bicyclic) bond motifs is 1. The van der Waals surface area contributed by atoms with Gasteiger partial charge in [0.15, 0.2) is 5.65 Å². The van der Waals surface area contributed by atoms with Crippen molar-refractivity contribution in [2.24, 2.45) is 7.05 Å². The van der Waals surface area contributed by atoms with Crippen molar-refractivity contribution in [2.75, 3.05) is 5.32 Å². The van der Waals surface area contributed by atoms with Crippen LogP contribution < -0.4 is 5.32 Å². The van der Waals surface area contributed by atoms with Gasteiger partial charge in [-0.3, -0.25) is 4.68 Å². The van der Waals surface area contributed by atoms with Crippen molar-refractivity contribution in [1.82, 2.24) is 19.7 Å². The molecule has 0 bridgehead atoms. The van der Waals surface area contributed by atoms with Gasteiger partial charge in [-0.2, -0.15) is 5.10 Å². The van der Waals surface area contributed by atoms with Crippen molar-refractivity contribution in [3.05, 3.63) is 12.5 Å². The number of nitrogens with zero attached hydrogens (tertiary/aromatic N) is 4. The van der Waals surface area contributed by atoms with Crippen LogP contribution in [0.1, 0.15) is 20.8 Å². The summed E-state index contributed by atoms with van der Waals surface area (Å²) in [6.45, 7) is 6.03. The van der Waals surface area contributed by atoms with E-state index in [1.807, 2.05) is 27.8 Å². The molecule has 0 fully saturated rings. The molecule has 6 heteroatoms. The molecule has 2 aromatic heterocycles. The van der Waals surface area contributed by atoms with Gasteiger partial charge in [-0.05, 0) is 20.8 Å². The van der Waals surface area contributed by atoms with Gasteiger partial charge >= 0.3 is 0 Å². The Morgan fingerprint density at radius 2 is 2.12 bits per heavy atom. The summed E-state index contributed by atoms with van der Waals surface area (Å²) in [5, 5.41) is 8.39. The second-order valence-electron chi connectivity index (χ2n) is 4.69. The Hall–Kier alpha value is -1.36. The maximum atomic E-state index is 6.15. The first-order valence-electron chi connectivity index (χ1n) is 5.47. The second-order valence-corrected chi connectivity index (χ2v) is 5.35. The van der Waals surface area contributed by atoms with Gasteiger partial charge in [0.2, 0.25) is 0 Å². The minimum absolute atomic E-state index is 0.0239. The van der Waals surface area contributed by atoms with E-state index in [2.05, 4.69) is 20.4 Å². The molecule has 1 unspecified atom stereocenters. The number of aryl methyl sites for hydroxylation is 1. The molecule has 2 heterocycles. The molecule has 0 radical (unpaired) electrons. The molecule has 92 valence electrons. The van der Waals surface area contributed by atoms with Gasteiger partial charge < -0.3 is 5.32 Å². The fourth-order valence-corrected chi connectivity index (χ4v) is 1.52. The minimum Gasteiger partial charge on any atom is -0.363 e. The van der Waals surface area contributed by atoms with Crippen LogP contribution >= 0.6 is 11.6 Å². The lowest BCUT2D eigenvalue weighted by Gasteiger charge is -2.29. The molecule has 2 rings (SSSR count). The summed E-state index contributed by atoms with van der Waals surface area (Å²) in [7, 11) is 1.86. The van der Waals surface area contributed by atoms with Crippen LogP contribution in [0.2, 0.25) is 0 Å². The number of rotatable bonds is 3. The fourth-order valence-electron chi connectivity index (χ4n) is 1.47. The van der Waals surface area contributed by atoms with E-state index < -0.39 is 0 Å². The zero-order chi connectivity index (χ0) is 12.6. The van der Waals surface area contributed by atoms with E-state index in [9.17, 15) is 0 Å². The number of halogens is 1. The third kappa shape index (κ3) is 2.20. The van der Waals surface area contributed by atoms with Crippen LogP contribution in [0.3, 0.4) is 0 Å². The molecule has 1 atom stereocenters. The lowest BCUT2D eigenvalue weighted by atomic mass is 10.0. The van der Waals surface area contributed by atoms with Gasteiger partial charge in [0, 0.05) is 12.6 Å². The summed E-state index contributed by atoms with van der Waals surface area (Å²) < 4.78 is 1.72. The fraction of sp³-hybridized carbons (Fsp3) is 0.545. The van der Waals surface area contributed by atoms with Crippen molar-refractivity contribution < 1.29 is 0 Å². The third-order valence-corrected chi connectivity index (χ3v) is 3.51. The minimum atomic E-state index is -0.251. The largest absolute Gasteiger partial charge is 0.363 e. The standard InChI is InChI=1S/C11H16ClN5/c1-7(12)11(2,3)16-9-8-5-15-17(4)10(8)14-6-13-9/h5-7H,1-4H3,(H,13,14,16). The number of nitrogens with one attached hydrogen (secondary N) is 1. The Labute approximate surface area is 105 Å². The predicted octanol–water partition coefficient (Wildman–Crippen LogP) is 2.18. The van der Waals surface area contributed by atoms with Gasteiger partial charge in [-0.25, -0.2) is 9.97 Å². The van der Waals surface area contributed by atoms with Gasteiger partial charge in [0.05, 0.1) is 17.0 Å². The number of hydrogen-bond donors (Lipinski definition) is 1. The molecule has 2 aromatic rings. The normalized spacial score (nSPS) is 13.9. The highest BCUT2D eigenvalue weighted by molar-refractivity contribution is 6.21. The van der Waals surface area contributed by atoms with E-state index in [1.54, 1.807) is 10.9 Å². The number of hydrogen-bond acceptors (Lipinski definition) is 4.